The second-order valence-corrected chi connectivity index (χ2v) is 4.62. The van der Waals surface area contributed by atoms with Crippen molar-refractivity contribution in [3.8, 4) is 11.8 Å². The Labute approximate surface area is 131 Å². The van der Waals surface area contributed by atoms with Gasteiger partial charge in [-0.25, -0.2) is 4.98 Å². The van der Waals surface area contributed by atoms with Gasteiger partial charge in [0.1, 0.15) is 22.9 Å². The molecule has 0 saturated carbocycles. The van der Waals surface area contributed by atoms with Gasteiger partial charge in [-0.2, -0.15) is 0 Å². The summed E-state index contributed by atoms with van der Waals surface area (Å²) in [6.45, 7) is 0. The van der Waals surface area contributed by atoms with Crippen LogP contribution in [0.2, 0.25) is 5.15 Å². The molecule has 2 aromatic heterocycles. The van der Waals surface area contributed by atoms with Gasteiger partial charge in [-0.05, 0) is 18.1 Å². The summed E-state index contributed by atoms with van der Waals surface area (Å²) in [6.07, 6.45) is 3.19. The molecule has 8 heteroatoms. The quantitative estimate of drug-likeness (QED) is 0.237. The number of carbonyl (C=O) groups excluding carboxylic acids is 1. The van der Waals surface area contributed by atoms with Crippen molar-refractivity contribution in [2.75, 3.05) is 7.05 Å². The number of allylic oxidation sites excluding steroid dienone is 1. The summed E-state index contributed by atoms with van der Waals surface area (Å²) in [4.78, 5) is 19.1. The highest BCUT2D eigenvalue weighted by Gasteiger charge is 2.13. The maximum Gasteiger partial charge on any atom is 0.255 e. The highest BCUT2D eigenvalue weighted by molar-refractivity contribution is 6.29. The van der Waals surface area contributed by atoms with E-state index in [1.54, 1.807) is 29.1 Å². The first-order chi connectivity index (χ1) is 10.5. The zero-order chi connectivity index (χ0) is 16.3. The van der Waals surface area contributed by atoms with Gasteiger partial charge < -0.3 is 17.2 Å². The number of aromatic nitrogens is 2. The second kappa shape index (κ2) is 6.20. The van der Waals surface area contributed by atoms with Crippen LogP contribution < -0.4 is 17.2 Å². The van der Waals surface area contributed by atoms with E-state index in [-0.39, 0.29) is 17.1 Å². The molecule has 1 amide bonds. The molecule has 0 aliphatic carbocycles. The molecule has 0 saturated heterocycles. The molecular formula is C14H13ClN6O. The number of pyridine rings is 1. The van der Waals surface area contributed by atoms with Crippen molar-refractivity contribution in [3.63, 3.8) is 0 Å². The minimum absolute atomic E-state index is 0.0526. The third-order valence-corrected chi connectivity index (χ3v) is 3.18. The Hall–Kier alpha value is -2.98. The lowest BCUT2D eigenvalue weighted by molar-refractivity contribution is -0.114. The van der Waals surface area contributed by atoms with Crippen LogP contribution in [0.4, 0.5) is 0 Å². The van der Waals surface area contributed by atoms with Gasteiger partial charge in [0.25, 0.3) is 5.91 Å². The maximum atomic E-state index is 11.4. The third-order valence-electron chi connectivity index (χ3n) is 2.88. The fraction of sp³-hybridized carbons (Fsp3) is 0.0714. The molecular weight excluding hydrogens is 304 g/mol. The molecule has 112 valence electrons. The number of amidine groups is 1. The van der Waals surface area contributed by atoms with Crippen molar-refractivity contribution < 1.29 is 4.79 Å². The largest absolute Gasteiger partial charge is 0.391 e. The summed E-state index contributed by atoms with van der Waals surface area (Å²) in [6, 6.07) is 3.40. The molecule has 2 rings (SSSR count). The van der Waals surface area contributed by atoms with Crippen LogP contribution in [0.25, 0.3) is 5.52 Å². The standard InChI is InChI=1S/C14H13ClN6O/c1-19-13(17)12(14(18)22)9(16)4-2-8-3-5-11(15)21-7-20-6-10(8)21/h3,5-7H,16H2,1H3,(H2,17,19)(H2,18,22). The van der Waals surface area contributed by atoms with Gasteiger partial charge in [0.15, 0.2) is 0 Å². The zero-order valence-electron chi connectivity index (χ0n) is 11.7. The van der Waals surface area contributed by atoms with E-state index in [0.717, 1.165) is 0 Å². The van der Waals surface area contributed by atoms with Crippen molar-refractivity contribution in [3.05, 3.63) is 46.6 Å². The highest BCUT2D eigenvalue weighted by Crippen LogP contribution is 2.16. The van der Waals surface area contributed by atoms with Crippen LogP contribution in [0.3, 0.4) is 0 Å². The van der Waals surface area contributed by atoms with Crippen molar-refractivity contribution in [1.29, 1.82) is 0 Å². The van der Waals surface area contributed by atoms with E-state index in [4.69, 9.17) is 28.8 Å². The average molecular weight is 317 g/mol. The zero-order valence-corrected chi connectivity index (χ0v) is 12.4. The second-order valence-electron chi connectivity index (χ2n) is 4.23. The number of nitrogens with zero attached hydrogens (tertiary/aromatic N) is 3. The number of hydrogen-bond acceptors (Lipinski definition) is 4. The Bertz CT molecular complexity index is 868. The summed E-state index contributed by atoms with van der Waals surface area (Å²) in [5.41, 5.74) is 17.8. The first kappa shape index (κ1) is 15.4. The van der Waals surface area contributed by atoms with Gasteiger partial charge in [0, 0.05) is 7.05 Å². The highest BCUT2D eigenvalue weighted by atomic mass is 35.5. The first-order valence-electron chi connectivity index (χ1n) is 6.10. The smallest absolute Gasteiger partial charge is 0.255 e. The van der Waals surface area contributed by atoms with Gasteiger partial charge in [-0.1, -0.05) is 17.5 Å². The number of carbonyl (C=O) groups is 1. The Morgan fingerprint density at radius 1 is 1.36 bits per heavy atom. The molecule has 0 bridgehead atoms. The lowest BCUT2D eigenvalue weighted by atomic mass is 10.1. The monoisotopic (exact) mass is 316 g/mol. The van der Waals surface area contributed by atoms with E-state index in [1.165, 1.54) is 7.05 Å². The number of halogens is 1. The number of aliphatic imine (C=N–C) groups is 1. The van der Waals surface area contributed by atoms with Crippen LogP contribution in [0.15, 0.2) is 40.9 Å². The summed E-state index contributed by atoms with van der Waals surface area (Å²) in [7, 11) is 1.42. The van der Waals surface area contributed by atoms with Crippen LogP contribution in [0, 0.1) is 11.8 Å². The van der Waals surface area contributed by atoms with Crippen LogP contribution >= 0.6 is 11.6 Å². The molecule has 0 aliphatic heterocycles. The van der Waals surface area contributed by atoms with Crippen LogP contribution in [-0.4, -0.2) is 28.2 Å². The number of nitrogens with two attached hydrogens (primary N) is 3. The minimum Gasteiger partial charge on any atom is -0.391 e. The first-order valence-corrected chi connectivity index (χ1v) is 6.48. The number of imidazole rings is 1. The van der Waals surface area contributed by atoms with Gasteiger partial charge in [0.05, 0.1) is 23.0 Å². The molecule has 6 N–H and O–H groups in total. The molecule has 0 spiro atoms. The van der Waals surface area contributed by atoms with Gasteiger partial charge in [0.2, 0.25) is 0 Å². The Balaban J connectivity index is 2.54. The van der Waals surface area contributed by atoms with E-state index < -0.39 is 5.91 Å². The van der Waals surface area contributed by atoms with Crippen molar-refractivity contribution in [2.45, 2.75) is 0 Å². The van der Waals surface area contributed by atoms with Crippen molar-refractivity contribution in [1.82, 2.24) is 9.38 Å². The topological polar surface area (TPSA) is 125 Å². The molecule has 2 heterocycles. The predicted molar refractivity (Wildman–Crippen MR) is 85.0 cm³/mol. The number of rotatable bonds is 2. The van der Waals surface area contributed by atoms with E-state index in [0.29, 0.717) is 16.2 Å². The molecule has 0 aliphatic rings. The van der Waals surface area contributed by atoms with Crippen molar-refractivity contribution in [2.24, 2.45) is 22.2 Å². The summed E-state index contributed by atoms with van der Waals surface area (Å²) >= 11 is 6.03. The van der Waals surface area contributed by atoms with Gasteiger partial charge in [-0.3, -0.25) is 14.2 Å². The molecule has 0 atom stereocenters. The van der Waals surface area contributed by atoms with Crippen LogP contribution in [0.5, 0.6) is 0 Å². The number of fused-ring (bicyclic) bond motifs is 1. The molecule has 22 heavy (non-hydrogen) atoms. The molecule has 2 aromatic rings. The van der Waals surface area contributed by atoms with Crippen LogP contribution in [0.1, 0.15) is 5.56 Å². The predicted octanol–water partition coefficient (Wildman–Crippen LogP) is 0.0243. The maximum absolute atomic E-state index is 11.4. The summed E-state index contributed by atoms with van der Waals surface area (Å²) in [5.74, 6) is 4.65. The van der Waals surface area contributed by atoms with Gasteiger partial charge >= 0.3 is 0 Å². The van der Waals surface area contributed by atoms with E-state index >= 15 is 0 Å². The molecule has 0 unspecified atom stereocenters. The van der Waals surface area contributed by atoms with E-state index in [2.05, 4.69) is 21.8 Å². The molecule has 0 aromatic carbocycles. The molecule has 7 nitrogen and oxygen atoms in total. The fourth-order valence-corrected chi connectivity index (χ4v) is 1.99. The lowest BCUT2D eigenvalue weighted by Gasteiger charge is -2.03. The number of hydrogen-bond donors (Lipinski definition) is 3. The van der Waals surface area contributed by atoms with E-state index in [1.807, 2.05) is 0 Å². The average Bonchev–Trinajstić information content (AvgIpc) is 2.96. The number of primary amides is 1. The Kier molecular flexibility index (Phi) is 4.34. The van der Waals surface area contributed by atoms with Crippen LogP contribution in [-0.2, 0) is 4.79 Å². The third kappa shape index (κ3) is 2.87. The Morgan fingerprint density at radius 3 is 2.73 bits per heavy atom. The van der Waals surface area contributed by atoms with Gasteiger partial charge in [-0.15, -0.1) is 0 Å². The number of amides is 1. The minimum atomic E-state index is -0.791. The Morgan fingerprint density at radius 2 is 2.09 bits per heavy atom. The lowest BCUT2D eigenvalue weighted by Crippen LogP contribution is -2.29. The SMILES string of the molecule is CN=C(N)C(C(N)=O)=C(N)C#Cc1ccc(Cl)n2cncc12. The summed E-state index contributed by atoms with van der Waals surface area (Å²) in [5, 5.41) is 0.502. The fourth-order valence-electron chi connectivity index (χ4n) is 1.79. The van der Waals surface area contributed by atoms with Crippen molar-refractivity contribution >= 4 is 28.9 Å². The van der Waals surface area contributed by atoms with E-state index in [9.17, 15) is 4.79 Å². The summed E-state index contributed by atoms with van der Waals surface area (Å²) < 4.78 is 1.67. The normalized spacial score (nSPS) is 12.5. The molecule has 0 fully saturated rings. The molecule has 0 radical (unpaired) electrons.